The summed E-state index contributed by atoms with van der Waals surface area (Å²) < 4.78 is 16.1. The maximum absolute atomic E-state index is 6.23. The van der Waals surface area contributed by atoms with E-state index < -0.39 is 0 Å². The molecule has 0 radical (unpaired) electrons. The molecule has 1 rings (SSSR count). The number of ether oxygens (including phenoxy) is 3. The van der Waals surface area contributed by atoms with Crippen molar-refractivity contribution >= 4 is 0 Å². The van der Waals surface area contributed by atoms with E-state index in [4.69, 9.17) is 19.9 Å². The molecule has 1 unspecified atom stereocenters. The second-order valence-electron chi connectivity index (χ2n) is 5.35. The zero-order valence-electron chi connectivity index (χ0n) is 13.8. The quantitative estimate of drug-likeness (QED) is 0.671. The first-order valence-electron chi connectivity index (χ1n) is 7.70. The van der Waals surface area contributed by atoms with Crippen LogP contribution >= 0.6 is 0 Å². The predicted molar refractivity (Wildman–Crippen MR) is 86.5 cm³/mol. The van der Waals surface area contributed by atoms with Crippen molar-refractivity contribution < 1.29 is 14.2 Å². The van der Waals surface area contributed by atoms with Crippen LogP contribution in [-0.4, -0.2) is 27.4 Å². The molecule has 1 atom stereocenters. The van der Waals surface area contributed by atoms with Gasteiger partial charge in [0.25, 0.3) is 0 Å². The molecule has 4 heteroatoms. The summed E-state index contributed by atoms with van der Waals surface area (Å²) >= 11 is 0. The number of unbranched alkanes of at least 4 members (excludes halogenated alkanes) is 3. The van der Waals surface area contributed by atoms with Gasteiger partial charge in [0.1, 0.15) is 0 Å². The topological polar surface area (TPSA) is 53.7 Å². The van der Waals surface area contributed by atoms with Crippen LogP contribution in [0.15, 0.2) is 12.1 Å². The molecule has 0 aromatic heterocycles. The highest BCUT2D eigenvalue weighted by Crippen LogP contribution is 2.38. The van der Waals surface area contributed by atoms with Gasteiger partial charge in [-0.15, -0.1) is 0 Å². The number of rotatable bonds is 10. The van der Waals surface area contributed by atoms with Crippen LogP contribution in [0.2, 0.25) is 0 Å². The van der Waals surface area contributed by atoms with Gasteiger partial charge in [0, 0.05) is 6.04 Å². The van der Waals surface area contributed by atoms with Crippen LogP contribution in [-0.2, 0) is 6.42 Å². The van der Waals surface area contributed by atoms with Gasteiger partial charge in [0.15, 0.2) is 11.5 Å². The van der Waals surface area contributed by atoms with Crippen LogP contribution in [0.3, 0.4) is 0 Å². The van der Waals surface area contributed by atoms with Gasteiger partial charge in [-0.05, 0) is 30.5 Å². The largest absolute Gasteiger partial charge is 0.493 e. The van der Waals surface area contributed by atoms with Crippen molar-refractivity contribution in [2.45, 2.75) is 51.5 Å². The Bertz CT molecular complexity index is 395. The van der Waals surface area contributed by atoms with Crippen molar-refractivity contribution in [1.29, 1.82) is 0 Å². The van der Waals surface area contributed by atoms with E-state index in [1.165, 1.54) is 25.7 Å². The van der Waals surface area contributed by atoms with E-state index in [0.717, 1.165) is 18.4 Å². The number of methoxy groups -OCH3 is 3. The SMILES string of the molecule is CCCCCCC(N)Cc1cc(OC)c(OC)c(OC)c1. The van der Waals surface area contributed by atoms with Crippen molar-refractivity contribution in [3.8, 4) is 17.2 Å². The lowest BCUT2D eigenvalue weighted by molar-refractivity contribution is 0.323. The van der Waals surface area contributed by atoms with Crippen LogP contribution in [0, 0.1) is 0 Å². The molecule has 1 aromatic rings. The summed E-state index contributed by atoms with van der Waals surface area (Å²) in [4.78, 5) is 0. The normalized spacial score (nSPS) is 12.0. The third-order valence-electron chi connectivity index (χ3n) is 3.65. The monoisotopic (exact) mass is 295 g/mol. The molecule has 0 saturated carbocycles. The number of benzene rings is 1. The summed E-state index contributed by atoms with van der Waals surface area (Å²) in [5.41, 5.74) is 7.35. The Morgan fingerprint density at radius 3 is 2.05 bits per heavy atom. The van der Waals surface area contributed by atoms with Gasteiger partial charge in [0.2, 0.25) is 5.75 Å². The molecule has 0 heterocycles. The van der Waals surface area contributed by atoms with Crippen molar-refractivity contribution in [2.75, 3.05) is 21.3 Å². The molecule has 0 fully saturated rings. The highest BCUT2D eigenvalue weighted by atomic mass is 16.5. The second-order valence-corrected chi connectivity index (χ2v) is 5.35. The van der Waals surface area contributed by atoms with Gasteiger partial charge in [-0.25, -0.2) is 0 Å². The average molecular weight is 295 g/mol. The molecule has 0 aliphatic heterocycles. The Balaban J connectivity index is 2.70. The number of hydrogen-bond acceptors (Lipinski definition) is 4. The van der Waals surface area contributed by atoms with Gasteiger partial charge in [-0.2, -0.15) is 0 Å². The van der Waals surface area contributed by atoms with E-state index in [2.05, 4.69) is 6.92 Å². The molecule has 21 heavy (non-hydrogen) atoms. The lowest BCUT2D eigenvalue weighted by atomic mass is 10.00. The Kier molecular flexibility index (Phi) is 7.98. The lowest BCUT2D eigenvalue weighted by Gasteiger charge is -2.16. The molecule has 1 aromatic carbocycles. The highest BCUT2D eigenvalue weighted by molar-refractivity contribution is 5.53. The average Bonchev–Trinajstić information content (AvgIpc) is 2.50. The molecule has 0 bridgehead atoms. The maximum Gasteiger partial charge on any atom is 0.203 e. The van der Waals surface area contributed by atoms with E-state index in [1.54, 1.807) is 21.3 Å². The third kappa shape index (κ3) is 5.46. The van der Waals surface area contributed by atoms with Gasteiger partial charge in [0.05, 0.1) is 21.3 Å². The molecule has 0 aliphatic rings. The Morgan fingerprint density at radius 1 is 0.952 bits per heavy atom. The smallest absolute Gasteiger partial charge is 0.203 e. The number of nitrogens with two attached hydrogens (primary N) is 1. The summed E-state index contributed by atoms with van der Waals surface area (Å²) in [5, 5.41) is 0. The fraction of sp³-hybridized carbons (Fsp3) is 0.647. The van der Waals surface area contributed by atoms with E-state index in [9.17, 15) is 0 Å². The minimum atomic E-state index is 0.171. The first kappa shape index (κ1) is 17.6. The summed E-state index contributed by atoms with van der Waals surface area (Å²) in [6.07, 6.45) is 6.87. The van der Waals surface area contributed by atoms with Gasteiger partial charge in [-0.1, -0.05) is 32.6 Å². The van der Waals surface area contributed by atoms with Crippen molar-refractivity contribution in [3.63, 3.8) is 0 Å². The Morgan fingerprint density at radius 2 is 1.57 bits per heavy atom. The molecule has 0 saturated heterocycles. The molecule has 0 aliphatic carbocycles. The minimum Gasteiger partial charge on any atom is -0.493 e. The molecule has 0 amide bonds. The summed E-state index contributed by atoms with van der Waals surface area (Å²) in [5.74, 6) is 2.00. The first-order chi connectivity index (χ1) is 10.2. The molecule has 4 nitrogen and oxygen atoms in total. The second kappa shape index (κ2) is 9.50. The number of hydrogen-bond donors (Lipinski definition) is 1. The van der Waals surface area contributed by atoms with E-state index in [1.807, 2.05) is 12.1 Å². The predicted octanol–water partition coefficient (Wildman–Crippen LogP) is 3.55. The lowest BCUT2D eigenvalue weighted by Crippen LogP contribution is -2.22. The van der Waals surface area contributed by atoms with E-state index in [-0.39, 0.29) is 6.04 Å². The third-order valence-corrected chi connectivity index (χ3v) is 3.65. The van der Waals surface area contributed by atoms with Crippen LogP contribution in [0.4, 0.5) is 0 Å². The van der Waals surface area contributed by atoms with Crippen LogP contribution in [0.1, 0.15) is 44.6 Å². The standard InChI is InChI=1S/C17H29NO3/c1-5-6-7-8-9-14(18)10-13-11-15(19-2)17(21-4)16(12-13)20-3/h11-12,14H,5-10,18H2,1-4H3. The van der Waals surface area contributed by atoms with Gasteiger partial charge in [-0.3, -0.25) is 0 Å². The maximum atomic E-state index is 6.23. The van der Waals surface area contributed by atoms with Gasteiger partial charge >= 0.3 is 0 Å². The first-order valence-corrected chi connectivity index (χ1v) is 7.70. The van der Waals surface area contributed by atoms with Crippen molar-refractivity contribution in [3.05, 3.63) is 17.7 Å². The molecule has 0 spiro atoms. The minimum absolute atomic E-state index is 0.171. The highest BCUT2D eigenvalue weighted by Gasteiger charge is 2.14. The summed E-state index contributed by atoms with van der Waals surface area (Å²) in [7, 11) is 4.87. The van der Waals surface area contributed by atoms with Crippen molar-refractivity contribution in [2.24, 2.45) is 5.73 Å². The summed E-state index contributed by atoms with van der Waals surface area (Å²) in [6, 6.07) is 4.13. The van der Waals surface area contributed by atoms with Gasteiger partial charge < -0.3 is 19.9 Å². The summed E-state index contributed by atoms with van der Waals surface area (Å²) in [6.45, 7) is 2.22. The molecule has 2 N–H and O–H groups in total. The zero-order valence-corrected chi connectivity index (χ0v) is 13.8. The Hall–Kier alpha value is -1.42. The zero-order chi connectivity index (χ0) is 15.7. The van der Waals surface area contributed by atoms with Crippen LogP contribution in [0.5, 0.6) is 17.2 Å². The molecular weight excluding hydrogens is 266 g/mol. The van der Waals surface area contributed by atoms with Crippen molar-refractivity contribution in [1.82, 2.24) is 0 Å². The molecule has 120 valence electrons. The van der Waals surface area contributed by atoms with E-state index >= 15 is 0 Å². The van der Waals surface area contributed by atoms with E-state index in [0.29, 0.717) is 17.2 Å². The Labute approximate surface area is 128 Å². The fourth-order valence-electron chi connectivity index (χ4n) is 2.49. The molecular formula is C17H29NO3. The fourth-order valence-corrected chi connectivity index (χ4v) is 2.49. The van der Waals surface area contributed by atoms with Crippen LogP contribution < -0.4 is 19.9 Å². The van der Waals surface area contributed by atoms with Crippen LogP contribution in [0.25, 0.3) is 0 Å².